The van der Waals surface area contributed by atoms with E-state index in [0.29, 0.717) is 12.3 Å². The van der Waals surface area contributed by atoms with Gasteiger partial charge in [-0.05, 0) is 37.3 Å². The third-order valence-electron chi connectivity index (χ3n) is 3.14. The van der Waals surface area contributed by atoms with Crippen molar-refractivity contribution in [3.8, 4) is 0 Å². The molecule has 0 saturated heterocycles. The molecule has 3 rings (SSSR count). The highest BCUT2D eigenvalue weighted by Gasteiger charge is 2.03. The maximum absolute atomic E-state index is 11.7. The van der Waals surface area contributed by atoms with Gasteiger partial charge in [-0.2, -0.15) is 0 Å². The second-order valence-electron chi connectivity index (χ2n) is 4.90. The average molecular weight is 312 g/mol. The fourth-order valence-electron chi connectivity index (χ4n) is 2.08. The summed E-state index contributed by atoms with van der Waals surface area (Å²) in [4.78, 5) is 16.3. The summed E-state index contributed by atoms with van der Waals surface area (Å²) >= 11 is 1.67. The first-order valence-electron chi connectivity index (χ1n) is 7.07. The number of carbonyl (C=O) groups excluding carboxylic acids is 1. The third-order valence-corrected chi connectivity index (χ3v) is 4.23. The van der Waals surface area contributed by atoms with Gasteiger partial charge >= 0.3 is 0 Å². The Morgan fingerprint density at radius 2 is 2.18 bits per heavy atom. The number of nitrogens with one attached hydrogen (secondary N) is 1. The van der Waals surface area contributed by atoms with Crippen molar-refractivity contribution in [1.82, 2.24) is 10.3 Å². The molecular formula is C17H16N2O2S. The van der Waals surface area contributed by atoms with E-state index < -0.39 is 0 Å². The van der Waals surface area contributed by atoms with Crippen molar-refractivity contribution in [3.05, 3.63) is 59.0 Å². The van der Waals surface area contributed by atoms with Gasteiger partial charge in [0.15, 0.2) is 0 Å². The molecule has 1 N–H and O–H groups in total. The summed E-state index contributed by atoms with van der Waals surface area (Å²) in [5.41, 5.74) is 1.02. The number of benzene rings is 1. The van der Waals surface area contributed by atoms with Gasteiger partial charge in [0.05, 0.1) is 15.2 Å². The van der Waals surface area contributed by atoms with E-state index in [-0.39, 0.29) is 5.91 Å². The summed E-state index contributed by atoms with van der Waals surface area (Å²) in [5, 5.41) is 3.89. The van der Waals surface area contributed by atoms with Crippen LogP contribution in [0, 0.1) is 6.92 Å². The van der Waals surface area contributed by atoms with Crippen LogP contribution in [0.3, 0.4) is 0 Å². The number of rotatable bonds is 5. The van der Waals surface area contributed by atoms with Gasteiger partial charge in [0.25, 0.3) is 0 Å². The van der Waals surface area contributed by atoms with Crippen molar-refractivity contribution in [2.24, 2.45) is 0 Å². The van der Waals surface area contributed by atoms with Crippen molar-refractivity contribution in [3.63, 3.8) is 0 Å². The Morgan fingerprint density at radius 3 is 2.95 bits per heavy atom. The predicted octanol–water partition coefficient (Wildman–Crippen LogP) is 3.57. The molecule has 1 aromatic carbocycles. The molecule has 0 bridgehead atoms. The van der Waals surface area contributed by atoms with E-state index in [4.69, 9.17) is 4.42 Å². The topological polar surface area (TPSA) is 55.1 Å². The second kappa shape index (κ2) is 6.58. The van der Waals surface area contributed by atoms with Gasteiger partial charge in [0.2, 0.25) is 5.91 Å². The van der Waals surface area contributed by atoms with Crippen molar-refractivity contribution in [1.29, 1.82) is 0 Å². The van der Waals surface area contributed by atoms with Crippen LogP contribution >= 0.6 is 11.3 Å². The Morgan fingerprint density at radius 1 is 1.32 bits per heavy atom. The van der Waals surface area contributed by atoms with E-state index in [2.05, 4.69) is 16.4 Å². The van der Waals surface area contributed by atoms with Gasteiger partial charge in [-0.1, -0.05) is 12.1 Å². The van der Waals surface area contributed by atoms with E-state index in [1.54, 1.807) is 17.4 Å². The van der Waals surface area contributed by atoms with Gasteiger partial charge in [-0.25, -0.2) is 4.98 Å². The zero-order valence-electron chi connectivity index (χ0n) is 12.2. The van der Waals surface area contributed by atoms with E-state index in [1.807, 2.05) is 37.3 Å². The zero-order valence-corrected chi connectivity index (χ0v) is 13.0. The molecule has 0 saturated carbocycles. The van der Waals surface area contributed by atoms with Gasteiger partial charge in [-0.3, -0.25) is 4.79 Å². The highest BCUT2D eigenvalue weighted by atomic mass is 32.1. The van der Waals surface area contributed by atoms with E-state index in [9.17, 15) is 4.79 Å². The van der Waals surface area contributed by atoms with Crippen molar-refractivity contribution >= 4 is 33.5 Å². The number of fused-ring (bicyclic) bond motifs is 1. The molecule has 4 nitrogen and oxygen atoms in total. The number of aryl methyl sites for hydroxylation is 1. The van der Waals surface area contributed by atoms with Crippen molar-refractivity contribution < 1.29 is 9.21 Å². The summed E-state index contributed by atoms with van der Waals surface area (Å²) in [6, 6.07) is 11.7. The fraction of sp³-hybridized carbons (Fsp3) is 0.176. The first-order chi connectivity index (χ1) is 10.7. The summed E-state index contributed by atoms with van der Waals surface area (Å²) < 4.78 is 6.54. The van der Waals surface area contributed by atoms with E-state index >= 15 is 0 Å². The predicted molar refractivity (Wildman–Crippen MR) is 88.8 cm³/mol. The summed E-state index contributed by atoms with van der Waals surface area (Å²) in [6.45, 7) is 2.44. The Balaban J connectivity index is 1.50. The molecule has 2 heterocycles. The first-order valence-corrected chi connectivity index (χ1v) is 7.89. The molecule has 0 aliphatic heterocycles. The normalized spacial score (nSPS) is 11.3. The molecular weight excluding hydrogens is 296 g/mol. The quantitative estimate of drug-likeness (QED) is 0.733. The minimum atomic E-state index is -0.129. The molecule has 1 amide bonds. The van der Waals surface area contributed by atoms with Crippen LogP contribution < -0.4 is 5.32 Å². The Bertz CT molecular complexity index is 784. The summed E-state index contributed by atoms with van der Waals surface area (Å²) in [6.07, 6.45) is 3.88. The average Bonchev–Trinajstić information content (AvgIpc) is 3.10. The van der Waals surface area contributed by atoms with Crippen LogP contribution in [0.2, 0.25) is 0 Å². The Kier molecular flexibility index (Phi) is 4.34. The largest absolute Gasteiger partial charge is 0.462 e. The standard InChI is InChI=1S/C17H16N2O2S/c1-12-6-7-13(21-12)8-9-16(20)18-11-10-17-19-14-4-2-3-5-15(14)22-17/h2-9H,10-11H2,1H3,(H,18,20). The number of thiazole rings is 1. The number of aromatic nitrogens is 1. The number of nitrogens with zero attached hydrogens (tertiary/aromatic N) is 1. The second-order valence-corrected chi connectivity index (χ2v) is 6.01. The summed E-state index contributed by atoms with van der Waals surface area (Å²) in [7, 11) is 0. The minimum Gasteiger partial charge on any atom is -0.462 e. The SMILES string of the molecule is Cc1ccc(C=CC(=O)NCCc2nc3ccccc3s2)o1. The number of furan rings is 1. The zero-order chi connectivity index (χ0) is 15.4. The smallest absolute Gasteiger partial charge is 0.244 e. The van der Waals surface area contributed by atoms with Gasteiger partial charge in [-0.15, -0.1) is 11.3 Å². The third kappa shape index (κ3) is 3.62. The van der Waals surface area contributed by atoms with Crippen molar-refractivity contribution in [2.45, 2.75) is 13.3 Å². The highest BCUT2D eigenvalue weighted by molar-refractivity contribution is 7.18. The lowest BCUT2D eigenvalue weighted by atomic mass is 10.3. The van der Waals surface area contributed by atoms with Crippen LogP contribution in [0.4, 0.5) is 0 Å². The van der Waals surface area contributed by atoms with Gasteiger partial charge in [0.1, 0.15) is 11.5 Å². The number of amides is 1. The van der Waals surface area contributed by atoms with Crippen LogP contribution in [0.25, 0.3) is 16.3 Å². The highest BCUT2D eigenvalue weighted by Crippen LogP contribution is 2.21. The molecule has 5 heteroatoms. The molecule has 0 spiro atoms. The maximum Gasteiger partial charge on any atom is 0.244 e. The molecule has 3 aromatic rings. The van der Waals surface area contributed by atoms with Crippen LogP contribution in [0.15, 0.2) is 46.9 Å². The molecule has 0 fully saturated rings. The molecule has 22 heavy (non-hydrogen) atoms. The molecule has 2 aromatic heterocycles. The van der Waals surface area contributed by atoms with Gasteiger partial charge < -0.3 is 9.73 Å². The molecule has 0 unspecified atom stereocenters. The van der Waals surface area contributed by atoms with Crippen LogP contribution in [0.5, 0.6) is 0 Å². The minimum absolute atomic E-state index is 0.129. The van der Waals surface area contributed by atoms with E-state index in [1.165, 1.54) is 10.8 Å². The fourth-order valence-corrected chi connectivity index (χ4v) is 3.05. The molecule has 0 radical (unpaired) electrons. The lowest BCUT2D eigenvalue weighted by Gasteiger charge is -1.99. The van der Waals surface area contributed by atoms with Crippen LogP contribution in [0.1, 0.15) is 16.5 Å². The summed E-state index contributed by atoms with van der Waals surface area (Å²) in [5.74, 6) is 1.38. The van der Waals surface area contributed by atoms with Crippen molar-refractivity contribution in [2.75, 3.05) is 6.54 Å². The molecule has 112 valence electrons. The number of carbonyl (C=O) groups is 1. The molecule has 0 aliphatic carbocycles. The lowest BCUT2D eigenvalue weighted by Crippen LogP contribution is -2.23. The van der Waals surface area contributed by atoms with E-state index in [0.717, 1.165) is 22.7 Å². The van der Waals surface area contributed by atoms with Gasteiger partial charge in [0, 0.05) is 19.0 Å². The molecule has 0 atom stereocenters. The monoisotopic (exact) mass is 312 g/mol. The lowest BCUT2D eigenvalue weighted by molar-refractivity contribution is -0.116. The maximum atomic E-state index is 11.7. The number of hydrogen-bond acceptors (Lipinski definition) is 4. The Hall–Kier alpha value is -2.40. The number of hydrogen-bond donors (Lipinski definition) is 1. The van der Waals surface area contributed by atoms with Crippen LogP contribution in [-0.4, -0.2) is 17.4 Å². The first kappa shape index (κ1) is 14.5. The Labute approximate surface area is 132 Å². The van der Waals surface area contributed by atoms with Crippen LogP contribution in [-0.2, 0) is 11.2 Å². The molecule has 0 aliphatic rings. The number of para-hydroxylation sites is 1.